The van der Waals surface area contributed by atoms with E-state index in [1.165, 1.54) is 36.9 Å². The average Bonchev–Trinajstić information content (AvgIpc) is 2.64. The number of rotatable bonds is 3. The van der Waals surface area contributed by atoms with Gasteiger partial charge in [-0.25, -0.2) is 0 Å². The molecule has 1 unspecified atom stereocenters. The van der Waals surface area contributed by atoms with E-state index in [-0.39, 0.29) is 6.10 Å². The highest BCUT2D eigenvalue weighted by Crippen LogP contribution is 2.35. The molecule has 1 fully saturated rings. The second-order valence-electron chi connectivity index (χ2n) is 6.92. The molecule has 1 saturated heterocycles. The topological polar surface area (TPSA) is 21.7 Å². The van der Waals surface area contributed by atoms with E-state index in [4.69, 9.17) is 9.47 Å². The summed E-state index contributed by atoms with van der Waals surface area (Å²) in [6, 6.07) is 17.4. The summed E-state index contributed by atoms with van der Waals surface area (Å²) in [5, 5.41) is 0. The molecule has 3 heteroatoms. The van der Waals surface area contributed by atoms with E-state index in [1.807, 2.05) is 24.3 Å². The molecular formula is C21H25NO2. The lowest BCUT2D eigenvalue weighted by Gasteiger charge is -2.33. The Morgan fingerprint density at radius 1 is 1.00 bits per heavy atom. The van der Waals surface area contributed by atoms with Crippen molar-refractivity contribution in [2.75, 3.05) is 13.2 Å². The van der Waals surface area contributed by atoms with Crippen LogP contribution in [0.2, 0.25) is 0 Å². The highest BCUT2D eigenvalue weighted by Gasteiger charge is 2.22. The molecule has 0 radical (unpaired) electrons. The molecule has 0 N–H and O–H groups in total. The third kappa shape index (κ3) is 3.27. The zero-order chi connectivity index (χ0) is 16.4. The van der Waals surface area contributed by atoms with E-state index in [2.05, 4.69) is 36.1 Å². The maximum Gasteiger partial charge on any atom is 0.162 e. The van der Waals surface area contributed by atoms with Crippen LogP contribution in [0.5, 0.6) is 11.5 Å². The van der Waals surface area contributed by atoms with Crippen LogP contribution in [0.4, 0.5) is 0 Å². The van der Waals surface area contributed by atoms with E-state index < -0.39 is 0 Å². The second-order valence-corrected chi connectivity index (χ2v) is 6.92. The first kappa shape index (κ1) is 15.5. The summed E-state index contributed by atoms with van der Waals surface area (Å²) in [7, 11) is 0. The number of fused-ring (bicyclic) bond motifs is 1. The highest BCUT2D eigenvalue weighted by molar-refractivity contribution is 5.41. The molecule has 2 atom stereocenters. The molecule has 0 aromatic heterocycles. The van der Waals surface area contributed by atoms with Crippen LogP contribution in [0.25, 0.3) is 0 Å². The lowest BCUT2D eigenvalue weighted by Crippen LogP contribution is -2.36. The third-order valence-corrected chi connectivity index (χ3v) is 5.19. The molecule has 0 bridgehead atoms. The van der Waals surface area contributed by atoms with E-state index in [1.54, 1.807) is 0 Å². The van der Waals surface area contributed by atoms with E-state index >= 15 is 0 Å². The van der Waals surface area contributed by atoms with Crippen LogP contribution >= 0.6 is 0 Å². The van der Waals surface area contributed by atoms with Gasteiger partial charge < -0.3 is 9.47 Å². The Labute approximate surface area is 144 Å². The van der Waals surface area contributed by atoms with Gasteiger partial charge in [0.1, 0.15) is 6.61 Å². The van der Waals surface area contributed by atoms with Gasteiger partial charge >= 0.3 is 0 Å². The summed E-state index contributed by atoms with van der Waals surface area (Å²) in [6.07, 6.45) is 4.00. The molecule has 126 valence electrons. The number of benzene rings is 2. The quantitative estimate of drug-likeness (QED) is 0.825. The molecule has 2 aliphatic rings. The highest BCUT2D eigenvalue weighted by atomic mass is 16.6. The summed E-state index contributed by atoms with van der Waals surface area (Å²) in [5.74, 6) is 1.67. The largest absolute Gasteiger partial charge is 0.485 e. The van der Waals surface area contributed by atoms with Crippen LogP contribution in [0.3, 0.4) is 0 Å². The van der Waals surface area contributed by atoms with Gasteiger partial charge in [0, 0.05) is 12.6 Å². The van der Waals surface area contributed by atoms with Crippen LogP contribution in [-0.4, -0.2) is 24.1 Å². The van der Waals surface area contributed by atoms with Crippen LogP contribution < -0.4 is 9.47 Å². The number of nitrogens with zero attached hydrogens (tertiary/aromatic N) is 1. The maximum atomic E-state index is 6.09. The van der Waals surface area contributed by atoms with Gasteiger partial charge in [-0.15, -0.1) is 0 Å². The Bertz CT molecular complexity index is 682. The normalized spacial score (nSPS) is 23.9. The van der Waals surface area contributed by atoms with Crippen molar-refractivity contribution in [3.63, 3.8) is 0 Å². The van der Waals surface area contributed by atoms with Gasteiger partial charge in [-0.05, 0) is 49.6 Å². The van der Waals surface area contributed by atoms with Crippen molar-refractivity contribution >= 4 is 0 Å². The van der Waals surface area contributed by atoms with Crippen molar-refractivity contribution < 1.29 is 9.47 Å². The number of piperidine rings is 1. The smallest absolute Gasteiger partial charge is 0.162 e. The molecule has 3 nitrogen and oxygen atoms in total. The molecular weight excluding hydrogens is 298 g/mol. The minimum Gasteiger partial charge on any atom is -0.485 e. The number of ether oxygens (including phenoxy) is 2. The zero-order valence-corrected chi connectivity index (χ0v) is 14.3. The van der Waals surface area contributed by atoms with Crippen molar-refractivity contribution in [2.45, 2.75) is 44.9 Å². The van der Waals surface area contributed by atoms with Gasteiger partial charge in [-0.2, -0.15) is 0 Å². The van der Waals surface area contributed by atoms with Crippen molar-refractivity contribution in [1.29, 1.82) is 0 Å². The van der Waals surface area contributed by atoms with E-state index in [0.29, 0.717) is 12.6 Å². The number of hydrogen-bond donors (Lipinski definition) is 0. The molecule has 4 rings (SSSR count). The molecule has 2 aliphatic heterocycles. The molecule has 2 aromatic carbocycles. The van der Waals surface area contributed by atoms with Crippen molar-refractivity contribution in [1.82, 2.24) is 4.90 Å². The molecule has 24 heavy (non-hydrogen) atoms. The van der Waals surface area contributed by atoms with Crippen molar-refractivity contribution in [2.24, 2.45) is 0 Å². The van der Waals surface area contributed by atoms with E-state index in [0.717, 1.165) is 18.0 Å². The summed E-state index contributed by atoms with van der Waals surface area (Å²) >= 11 is 0. The Morgan fingerprint density at radius 3 is 2.58 bits per heavy atom. The van der Waals surface area contributed by atoms with E-state index in [9.17, 15) is 0 Å². The molecule has 0 amide bonds. The summed E-state index contributed by atoms with van der Waals surface area (Å²) < 4.78 is 11.9. The first-order valence-corrected chi connectivity index (χ1v) is 9.01. The number of likely N-dealkylation sites (tertiary alicyclic amines) is 1. The molecule has 0 aliphatic carbocycles. The average molecular weight is 323 g/mol. The minimum absolute atomic E-state index is 0.0251. The van der Waals surface area contributed by atoms with Gasteiger partial charge in [0.05, 0.1) is 0 Å². The molecule has 0 spiro atoms. The molecule has 2 heterocycles. The van der Waals surface area contributed by atoms with Crippen LogP contribution in [0.15, 0.2) is 48.5 Å². The summed E-state index contributed by atoms with van der Waals surface area (Å²) in [6.45, 7) is 5.18. The number of hydrogen-bond acceptors (Lipinski definition) is 3. The molecule has 0 saturated carbocycles. The monoisotopic (exact) mass is 323 g/mol. The fraction of sp³-hybridized carbons (Fsp3) is 0.429. The lowest BCUT2D eigenvalue weighted by atomic mass is 10.0. The van der Waals surface area contributed by atoms with Gasteiger partial charge in [-0.3, -0.25) is 4.90 Å². The Balaban J connectivity index is 1.43. The maximum absolute atomic E-state index is 6.09. The van der Waals surface area contributed by atoms with Crippen LogP contribution in [0.1, 0.15) is 43.4 Å². The van der Waals surface area contributed by atoms with Gasteiger partial charge in [0.2, 0.25) is 0 Å². The third-order valence-electron chi connectivity index (χ3n) is 5.19. The first-order chi connectivity index (χ1) is 11.8. The Hall–Kier alpha value is -2.00. The van der Waals surface area contributed by atoms with Gasteiger partial charge in [0.25, 0.3) is 0 Å². The number of para-hydroxylation sites is 2. The summed E-state index contributed by atoms with van der Waals surface area (Å²) in [4.78, 5) is 2.59. The fourth-order valence-corrected chi connectivity index (χ4v) is 3.65. The summed E-state index contributed by atoms with van der Waals surface area (Å²) in [5.41, 5.74) is 2.56. The first-order valence-electron chi connectivity index (χ1n) is 9.01. The van der Waals surface area contributed by atoms with Crippen molar-refractivity contribution in [3.05, 3.63) is 59.7 Å². The Kier molecular flexibility index (Phi) is 4.44. The predicted molar refractivity (Wildman–Crippen MR) is 95.5 cm³/mol. The predicted octanol–water partition coefficient (Wildman–Crippen LogP) is 4.57. The second kappa shape index (κ2) is 6.86. The van der Waals surface area contributed by atoms with Crippen molar-refractivity contribution in [3.8, 4) is 11.5 Å². The zero-order valence-electron chi connectivity index (χ0n) is 14.3. The van der Waals surface area contributed by atoms with Gasteiger partial charge in [-0.1, -0.05) is 42.8 Å². The van der Waals surface area contributed by atoms with Crippen LogP contribution in [-0.2, 0) is 6.54 Å². The Morgan fingerprint density at radius 2 is 1.79 bits per heavy atom. The van der Waals surface area contributed by atoms with Gasteiger partial charge in [0.15, 0.2) is 17.6 Å². The SMILES string of the molecule is CC1CCCCN1Cc1ccc([C@H]2COc3ccccc3O2)cc1. The minimum atomic E-state index is -0.0251. The van der Waals surface area contributed by atoms with Crippen LogP contribution in [0, 0.1) is 0 Å². The lowest BCUT2D eigenvalue weighted by molar-refractivity contribution is 0.0912. The standard InChI is InChI=1S/C21H25NO2/c1-16-6-4-5-13-22(16)14-17-9-11-18(12-10-17)21-15-23-19-7-2-3-8-20(19)24-21/h2-3,7-12,16,21H,4-6,13-15H2,1H3/t16?,21-/m1/s1. The fourth-order valence-electron chi connectivity index (χ4n) is 3.65. The molecule has 2 aromatic rings.